The van der Waals surface area contributed by atoms with Gasteiger partial charge in [-0.15, -0.1) is 0 Å². The molecule has 1 fully saturated rings. The SMILES string of the molecule is CC1CCCN(CCCCNC(=O)Nc2cccc(OC(F)F)c2)C1. The zero-order valence-corrected chi connectivity index (χ0v) is 14.6. The van der Waals surface area contributed by atoms with Gasteiger partial charge in [0.1, 0.15) is 5.75 Å². The lowest BCUT2D eigenvalue weighted by atomic mass is 10.0. The Labute approximate surface area is 147 Å². The molecular formula is C18H27F2N3O2. The number of unbranched alkanes of at least 4 members (excludes halogenated alkanes) is 1. The van der Waals surface area contributed by atoms with Crippen molar-refractivity contribution in [2.45, 2.75) is 39.2 Å². The number of benzene rings is 1. The Bertz CT molecular complexity index is 543. The minimum atomic E-state index is -2.88. The van der Waals surface area contributed by atoms with Crippen LogP contribution in [0.5, 0.6) is 5.75 Å². The molecule has 1 aliphatic rings. The molecule has 0 radical (unpaired) electrons. The molecular weight excluding hydrogens is 328 g/mol. The number of hydrogen-bond donors (Lipinski definition) is 2. The topological polar surface area (TPSA) is 53.6 Å². The van der Waals surface area contributed by atoms with Crippen LogP contribution >= 0.6 is 0 Å². The third kappa shape index (κ3) is 7.69. The van der Waals surface area contributed by atoms with Gasteiger partial charge in [-0.1, -0.05) is 13.0 Å². The van der Waals surface area contributed by atoms with Gasteiger partial charge < -0.3 is 20.3 Å². The minimum Gasteiger partial charge on any atom is -0.435 e. The van der Waals surface area contributed by atoms with Crippen LogP contribution in [0.25, 0.3) is 0 Å². The number of anilines is 1. The van der Waals surface area contributed by atoms with Gasteiger partial charge in [-0.2, -0.15) is 8.78 Å². The number of carbonyl (C=O) groups excluding carboxylic acids is 1. The molecule has 0 saturated carbocycles. The number of halogens is 2. The average Bonchev–Trinajstić information content (AvgIpc) is 2.54. The number of likely N-dealkylation sites (tertiary alicyclic amines) is 1. The Kier molecular flexibility index (Phi) is 7.91. The molecule has 2 rings (SSSR count). The quantitative estimate of drug-likeness (QED) is 0.695. The van der Waals surface area contributed by atoms with Crippen LogP contribution in [0, 0.1) is 5.92 Å². The molecule has 1 saturated heterocycles. The van der Waals surface area contributed by atoms with E-state index in [-0.39, 0.29) is 11.8 Å². The number of ether oxygens (including phenoxy) is 1. The van der Waals surface area contributed by atoms with Gasteiger partial charge in [-0.05, 0) is 56.8 Å². The fraction of sp³-hybridized carbons (Fsp3) is 0.611. The number of amides is 2. The normalized spacial score (nSPS) is 18.2. The van der Waals surface area contributed by atoms with Crippen LogP contribution in [0.4, 0.5) is 19.3 Å². The molecule has 2 N–H and O–H groups in total. The summed E-state index contributed by atoms with van der Waals surface area (Å²) in [5.74, 6) is 0.797. The van der Waals surface area contributed by atoms with Crippen molar-refractivity contribution in [2.75, 3.05) is 31.5 Å². The van der Waals surface area contributed by atoms with E-state index in [0.29, 0.717) is 12.2 Å². The summed E-state index contributed by atoms with van der Waals surface area (Å²) in [4.78, 5) is 14.3. The van der Waals surface area contributed by atoms with Gasteiger partial charge in [0.05, 0.1) is 0 Å². The third-order valence-electron chi connectivity index (χ3n) is 4.24. The van der Waals surface area contributed by atoms with Crippen LogP contribution in [-0.4, -0.2) is 43.7 Å². The number of piperidine rings is 1. The summed E-state index contributed by atoms with van der Waals surface area (Å²) in [7, 11) is 0. The molecule has 25 heavy (non-hydrogen) atoms. The average molecular weight is 355 g/mol. The maximum absolute atomic E-state index is 12.2. The molecule has 1 aromatic carbocycles. The first kappa shape index (κ1) is 19.4. The van der Waals surface area contributed by atoms with Crippen molar-refractivity contribution in [1.82, 2.24) is 10.2 Å². The Balaban J connectivity index is 1.60. The summed E-state index contributed by atoms with van der Waals surface area (Å²) in [5.41, 5.74) is 0.415. The van der Waals surface area contributed by atoms with Gasteiger partial charge >= 0.3 is 12.6 Å². The highest BCUT2D eigenvalue weighted by Crippen LogP contribution is 2.19. The van der Waals surface area contributed by atoms with Crippen molar-refractivity contribution in [3.63, 3.8) is 0 Å². The molecule has 1 atom stereocenters. The van der Waals surface area contributed by atoms with E-state index < -0.39 is 6.61 Å². The van der Waals surface area contributed by atoms with Gasteiger partial charge in [-0.3, -0.25) is 0 Å². The Morgan fingerprint density at radius 3 is 3.00 bits per heavy atom. The number of nitrogens with zero attached hydrogens (tertiary/aromatic N) is 1. The molecule has 0 aromatic heterocycles. The largest absolute Gasteiger partial charge is 0.435 e. The highest BCUT2D eigenvalue weighted by Gasteiger charge is 2.15. The van der Waals surface area contributed by atoms with E-state index >= 15 is 0 Å². The van der Waals surface area contributed by atoms with E-state index in [0.717, 1.165) is 25.3 Å². The number of hydrogen-bond acceptors (Lipinski definition) is 3. The molecule has 7 heteroatoms. The van der Waals surface area contributed by atoms with E-state index in [1.807, 2.05) is 0 Å². The maximum atomic E-state index is 12.2. The summed E-state index contributed by atoms with van der Waals surface area (Å²) < 4.78 is 28.7. The first-order valence-corrected chi connectivity index (χ1v) is 8.85. The summed E-state index contributed by atoms with van der Waals surface area (Å²) >= 11 is 0. The number of rotatable bonds is 8. The molecule has 0 aliphatic carbocycles. The number of nitrogens with one attached hydrogen (secondary N) is 2. The lowest BCUT2D eigenvalue weighted by molar-refractivity contribution is -0.0497. The molecule has 2 amide bonds. The molecule has 0 bridgehead atoms. The molecule has 1 heterocycles. The number of alkyl halides is 2. The Morgan fingerprint density at radius 2 is 2.24 bits per heavy atom. The van der Waals surface area contributed by atoms with Gasteiger partial charge in [0.2, 0.25) is 0 Å². The van der Waals surface area contributed by atoms with Gasteiger partial charge in [0, 0.05) is 24.8 Å². The van der Waals surface area contributed by atoms with Crippen LogP contribution in [0.1, 0.15) is 32.6 Å². The van der Waals surface area contributed by atoms with Gasteiger partial charge in [0.25, 0.3) is 0 Å². The second-order valence-corrected chi connectivity index (χ2v) is 6.54. The number of carbonyl (C=O) groups is 1. The Morgan fingerprint density at radius 1 is 1.40 bits per heavy atom. The molecule has 0 spiro atoms. The van der Waals surface area contributed by atoms with E-state index in [1.165, 1.54) is 38.1 Å². The van der Waals surface area contributed by atoms with Crippen LogP contribution in [-0.2, 0) is 0 Å². The van der Waals surface area contributed by atoms with Crippen molar-refractivity contribution in [1.29, 1.82) is 0 Å². The van der Waals surface area contributed by atoms with Gasteiger partial charge in [-0.25, -0.2) is 4.79 Å². The lowest BCUT2D eigenvalue weighted by Crippen LogP contribution is -2.35. The predicted molar refractivity (Wildman–Crippen MR) is 94.2 cm³/mol. The number of urea groups is 1. The zero-order chi connectivity index (χ0) is 18.1. The van der Waals surface area contributed by atoms with Gasteiger partial charge in [0.15, 0.2) is 0 Å². The fourth-order valence-corrected chi connectivity index (χ4v) is 3.08. The van der Waals surface area contributed by atoms with E-state index in [1.54, 1.807) is 12.1 Å². The predicted octanol–water partition coefficient (Wildman–Crippen LogP) is 3.92. The molecule has 140 valence electrons. The first-order chi connectivity index (χ1) is 12.0. The summed E-state index contributed by atoms with van der Waals surface area (Å²) in [5, 5.41) is 5.40. The fourth-order valence-electron chi connectivity index (χ4n) is 3.08. The monoisotopic (exact) mass is 355 g/mol. The smallest absolute Gasteiger partial charge is 0.387 e. The minimum absolute atomic E-state index is 0.0172. The van der Waals surface area contributed by atoms with E-state index in [4.69, 9.17) is 0 Å². The highest BCUT2D eigenvalue weighted by atomic mass is 19.3. The second kappa shape index (κ2) is 10.2. The first-order valence-electron chi connectivity index (χ1n) is 8.85. The van der Waals surface area contributed by atoms with E-state index in [2.05, 4.69) is 27.2 Å². The third-order valence-corrected chi connectivity index (χ3v) is 4.24. The van der Waals surface area contributed by atoms with Crippen molar-refractivity contribution in [3.8, 4) is 5.75 Å². The zero-order valence-electron chi connectivity index (χ0n) is 14.6. The van der Waals surface area contributed by atoms with Crippen molar-refractivity contribution in [3.05, 3.63) is 24.3 Å². The van der Waals surface area contributed by atoms with Crippen LogP contribution in [0.3, 0.4) is 0 Å². The van der Waals surface area contributed by atoms with Crippen molar-refractivity contribution in [2.24, 2.45) is 5.92 Å². The Hall–Kier alpha value is -1.89. The van der Waals surface area contributed by atoms with Crippen LogP contribution in [0.15, 0.2) is 24.3 Å². The second-order valence-electron chi connectivity index (χ2n) is 6.54. The highest BCUT2D eigenvalue weighted by molar-refractivity contribution is 5.89. The molecule has 1 aliphatic heterocycles. The van der Waals surface area contributed by atoms with Crippen molar-refractivity contribution >= 4 is 11.7 Å². The summed E-state index contributed by atoms with van der Waals surface area (Å²) in [6, 6.07) is 5.60. The lowest BCUT2D eigenvalue weighted by Gasteiger charge is -2.30. The van der Waals surface area contributed by atoms with E-state index in [9.17, 15) is 13.6 Å². The molecule has 1 unspecified atom stereocenters. The van der Waals surface area contributed by atoms with Crippen molar-refractivity contribution < 1.29 is 18.3 Å². The van der Waals surface area contributed by atoms with Crippen LogP contribution < -0.4 is 15.4 Å². The maximum Gasteiger partial charge on any atom is 0.387 e. The standard InChI is InChI=1S/C18H27F2N3O2/c1-14-6-5-11-23(13-14)10-3-2-9-21-18(24)22-15-7-4-8-16(12-15)25-17(19)20/h4,7-8,12,14,17H,2-3,5-6,9-11,13H2,1H3,(H2,21,22,24). The summed E-state index contributed by atoms with van der Waals surface area (Å²) in [6.07, 6.45) is 4.55. The molecule has 5 nitrogen and oxygen atoms in total. The summed E-state index contributed by atoms with van der Waals surface area (Å²) in [6.45, 7) is 3.41. The molecule has 1 aromatic rings. The van der Waals surface area contributed by atoms with Crippen LogP contribution in [0.2, 0.25) is 0 Å².